The second kappa shape index (κ2) is 1.16. The first kappa shape index (κ1) is 4.19. The van der Waals surface area contributed by atoms with Crippen LogP contribution < -0.4 is 0 Å². The molecule has 2 unspecified atom stereocenters. The molecule has 1 heteroatoms. The summed E-state index contributed by atoms with van der Waals surface area (Å²) in [4.78, 5) is 0. The van der Waals surface area contributed by atoms with Crippen molar-refractivity contribution >= 4 is 0 Å². The Morgan fingerprint density at radius 2 is 2.38 bits per heavy atom. The number of aliphatic hydroxyl groups excluding tert-OH is 1. The van der Waals surface area contributed by atoms with E-state index in [4.69, 9.17) is 5.11 Å². The first-order valence-electron chi connectivity index (χ1n) is 2.95. The summed E-state index contributed by atoms with van der Waals surface area (Å²) >= 11 is 0. The van der Waals surface area contributed by atoms with Crippen LogP contribution in [0.1, 0.15) is 6.42 Å². The van der Waals surface area contributed by atoms with Crippen molar-refractivity contribution in [3.63, 3.8) is 0 Å². The van der Waals surface area contributed by atoms with E-state index >= 15 is 0 Å². The van der Waals surface area contributed by atoms with Gasteiger partial charge in [-0.1, -0.05) is 6.08 Å². The quantitative estimate of drug-likeness (QED) is 0.500. The highest BCUT2D eigenvalue weighted by atomic mass is 16.3. The standard InChI is InChI=1S/C7H8O/c8-7-2-1-5-3-6(5)4-7/h1-2,4-6,8H,3H2. The van der Waals surface area contributed by atoms with Gasteiger partial charge in [0.05, 0.1) is 0 Å². The third-order valence-corrected chi connectivity index (χ3v) is 1.79. The zero-order valence-electron chi connectivity index (χ0n) is 4.54. The molecule has 0 aromatic carbocycles. The Labute approximate surface area is 48.3 Å². The number of rotatable bonds is 0. The summed E-state index contributed by atoms with van der Waals surface area (Å²) in [5.74, 6) is 1.90. The molecule has 2 aliphatic carbocycles. The summed E-state index contributed by atoms with van der Waals surface area (Å²) in [5, 5.41) is 8.88. The van der Waals surface area contributed by atoms with Gasteiger partial charge in [-0.15, -0.1) is 0 Å². The molecule has 0 radical (unpaired) electrons. The fraction of sp³-hybridized carbons (Fsp3) is 0.429. The number of allylic oxidation sites excluding steroid dienone is 3. The zero-order valence-corrected chi connectivity index (χ0v) is 4.54. The van der Waals surface area contributed by atoms with Crippen molar-refractivity contribution in [1.82, 2.24) is 0 Å². The molecule has 2 rings (SSSR count). The lowest BCUT2D eigenvalue weighted by Crippen LogP contribution is -1.84. The van der Waals surface area contributed by atoms with Crippen molar-refractivity contribution in [3.05, 3.63) is 24.0 Å². The van der Waals surface area contributed by atoms with Crippen LogP contribution in [0.2, 0.25) is 0 Å². The van der Waals surface area contributed by atoms with Gasteiger partial charge in [0.2, 0.25) is 0 Å². The Balaban J connectivity index is 2.28. The van der Waals surface area contributed by atoms with Crippen molar-refractivity contribution in [1.29, 1.82) is 0 Å². The summed E-state index contributed by atoms with van der Waals surface area (Å²) in [6, 6.07) is 0. The molecule has 0 saturated heterocycles. The van der Waals surface area contributed by atoms with E-state index in [0.717, 1.165) is 5.92 Å². The number of fused-ring (bicyclic) bond motifs is 1. The van der Waals surface area contributed by atoms with E-state index < -0.39 is 0 Å². The van der Waals surface area contributed by atoms with Gasteiger partial charge in [0.1, 0.15) is 5.76 Å². The molecular formula is C7H8O. The second-order valence-electron chi connectivity index (χ2n) is 2.51. The zero-order chi connectivity index (χ0) is 5.56. The molecule has 0 aromatic rings. The monoisotopic (exact) mass is 108 g/mol. The lowest BCUT2D eigenvalue weighted by atomic mass is 10.2. The van der Waals surface area contributed by atoms with Gasteiger partial charge in [-0.25, -0.2) is 0 Å². The molecule has 0 aliphatic heterocycles. The Morgan fingerprint density at radius 1 is 1.50 bits per heavy atom. The van der Waals surface area contributed by atoms with Gasteiger partial charge in [0.25, 0.3) is 0 Å². The largest absolute Gasteiger partial charge is 0.508 e. The van der Waals surface area contributed by atoms with Crippen molar-refractivity contribution in [2.45, 2.75) is 6.42 Å². The molecule has 1 saturated carbocycles. The smallest absolute Gasteiger partial charge is 0.111 e. The fourth-order valence-electron chi connectivity index (χ4n) is 1.15. The normalized spacial score (nSPS) is 40.8. The minimum Gasteiger partial charge on any atom is -0.508 e. The summed E-state index contributed by atoms with van der Waals surface area (Å²) < 4.78 is 0. The molecular weight excluding hydrogens is 100 g/mol. The number of hydrogen-bond acceptors (Lipinski definition) is 1. The van der Waals surface area contributed by atoms with Crippen LogP contribution in [0.25, 0.3) is 0 Å². The van der Waals surface area contributed by atoms with Gasteiger partial charge in [-0.2, -0.15) is 0 Å². The molecule has 2 aliphatic rings. The molecule has 0 heterocycles. The lowest BCUT2D eigenvalue weighted by molar-refractivity contribution is 0.425. The van der Waals surface area contributed by atoms with Crippen molar-refractivity contribution in [2.75, 3.05) is 0 Å². The summed E-state index contributed by atoms with van der Waals surface area (Å²) in [5.41, 5.74) is 0. The SMILES string of the molecule is OC1=CC2CC2C=C1. The van der Waals surface area contributed by atoms with Crippen LogP contribution in [-0.2, 0) is 0 Å². The molecule has 0 amide bonds. The van der Waals surface area contributed by atoms with Gasteiger partial charge in [-0.3, -0.25) is 0 Å². The van der Waals surface area contributed by atoms with E-state index in [1.807, 2.05) is 6.08 Å². The highest BCUT2D eigenvalue weighted by molar-refractivity contribution is 5.25. The summed E-state index contributed by atoms with van der Waals surface area (Å²) in [6.07, 6.45) is 7.05. The third kappa shape index (κ3) is 0.474. The minimum absolute atomic E-state index is 0.448. The van der Waals surface area contributed by atoms with Crippen molar-refractivity contribution < 1.29 is 5.11 Å². The minimum atomic E-state index is 0.448. The molecule has 8 heavy (non-hydrogen) atoms. The van der Waals surface area contributed by atoms with E-state index in [-0.39, 0.29) is 0 Å². The van der Waals surface area contributed by atoms with Gasteiger partial charge >= 0.3 is 0 Å². The van der Waals surface area contributed by atoms with Crippen molar-refractivity contribution in [3.8, 4) is 0 Å². The fourth-order valence-corrected chi connectivity index (χ4v) is 1.15. The Morgan fingerprint density at radius 3 is 3.00 bits per heavy atom. The number of aliphatic hydroxyl groups is 1. The van der Waals surface area contributed by atoms with Gasteiger partial charge in [-0.05, 0) is 30.4 Å². The maximum absolute atomic E-state index is 8.88. The van der Waals surface area contributed by atoms with Gasteiger partial charge < -0.3 is 5.11 Å². The third-order valence-electron chi connectivity index (χ3n) is 1.79. The maximum atomic E-state index is 8.88. The van der Waals surface area contributed by atoms with Crippen LogP contribution in [0, 0.1) is 11.8 Å². The predicted octanol–water partition coefficient (Wildman–Crippen LogP) is 1.63. The van der Waals surface area contributed by atoms with Crippen LogP contribution in [0.4, 0.5) is 0 Å². The average molecular weight is 108 g/mol. The average Bonchev–Trinajstić information content (AvgIpc) is 2.43. The summed E-state index contributed by atoms with van der Waals surface area (Å²) in [7, 11) is 0. The molecule has 1 nitrogen and oxygen atoms in total. The topological polar surface area (TPSA) is 20.2 Å². The van der Waals surface area contributed by atoms with E-state index in [9.17, 15) is 0 Å². The highest BCUT2D eigenvalue weighted by Crippen LogP contribution is 2.43. The van der Waals surface area contributed by atoms with E-state index in [1.165, 1.54) is 6.42 Å². The molecule has 42 valence electrons. The van der Waals surface area contributed by atoms with E-state index in [2.05, 4.69) is 6.08 Å². The van der Waals surface area contributed by atoms with E-state index in [1.54, 1.807) is 6.08 Å². The van der Waals surface area contributed by atoms with Crippen molar-refractivity contribution in [2.24, 2.45) is 11.8 Å². The van der Waals surface area contributed by atoms with Crippen LogP contribution in [0.15, 0.2) is 24.0 Å². The number of hydrogen-bond donors (Lipinski definition) is 1. The Hall–Kier alpha value is -0.720. The van der Waals surface area contributed by atoms with Gasteiger partial charge in [0, 0.05) is 0 Å². The molecule has 0 aromatic heterocycles. The van der Waals surface area contributed by atoms with Crippen LogP contribution in [-0.4, -0.2) is 5.11 Å². The Bertz CT molecular complexity index is 167. The molecule has 0 bridgehead atoms. The molecule has 2 atom stereocenters. The Kier molecular flexibility index (Phi) is 0.608. The molecule has 0 spiro atoms. The predicted molar refractivity (Wildman–Crippen MR) is 31.4 cm³/mol. The van der Waals surface area contributed by atoms with E-state index in [0.29, 0.717) is 11.7 Å². The second-order valence-corrected chi connectivity index (χ2v) is 2.51. The maximum Gasteiger partial charge on any atom is 0.111 e. The first-order chi connectivity index (χ1) is 3.86. The van der Waals surface area contributed by atoms with Gasteiger partial charge in [0.15, 0.2) is 0 Å². The van der Waals surface area contributed by atoms with Crippen LogP contribution >= 0.6 is 0 Å². The first-order valence-corrected chi connectivity index (χ1v) is 2.95. The highest BCUT2D eigenvalue weighted by Gasteiger charge is 2.34. The van der Waals surface area contributed by atoms with Crippen LogP contribution in [0.5, 0.6) is 0 Å². The lowest BCUT2D eigenvalue weighted by Gasteiger charge is -1.95. The molecule has 1 fully saturated rings. The summed E-state index contributed by atoms with van der Waals surface area (Å²) in [6.45, 7) is 0. The van der Waals surface area contributed by atoms with Crippen LogP contribution in [0.3, 0.4) is 0 Å². The molecule has 1 N–H and O–H groups in total.